The second-order valence-corrected chi connectivity index (χ2v) is 8.84. The molecule has 9 heteroatoms. The van der Waals surface area contributed by atoms with Gasteiger partial charge in [-0.1, -0.05) is 52.9 Å². The molecule has 3 N–H and O–H groups in total. The predicted molar refractivity (Wildman–Crippen MR) is 121 cm³/mol. The number of nitrogens with one attached hydrogen (secondary N) is 2. The average Bonchev–Trinajstić information content (AvgIpc) is 3.35. The van der Waals surface area contributed by atoms with Crippen molar-refractivity contribution in [2.24, 2.45) is 0 Å². The van der Waals surface area contributed by atoms with Gasteiger partial charge in [-0.25, -0.2) is 4.98 Å². The summed E-state index contributed by atoms with van der Waals surface area (Å²) < 4.78 is 0.690. The Morgan fingerprint density at radius 2 is 2.07 bits per heavy atom. The SMILES string of the molecule is Cc1ccc(Nc2nnc(SCC(O)=C(C#N)c3nc4ccccc4[nH]3)s2)c(C)c1. The number of nitriles is 1. The van der Waals surface area contributed by atoms with E-state index in [-0.39, 0.29) is 17.1 Å². The zero-order valence-electron chi connectivity index (χ0n) is 16.3. The van der Waals surface area contributed by atoms with E-state index in [0.717, 1.165) is 22.3 Å². The first kappa shape index (κ1) is 19.9. The topological polar surface area (TPSA) is 111 Å². The molecule has 0 unspecified atom stereocenters. The molecule has 0 amide bonds. The van der Waals surface area contributed by atoms with Gasteiger partial charge in [0.15, 0.2) is 10.2 Å². The number of rotatable bonds is 6. The summed E-state index contributed by atoms with van der Waals surface area (Å²) in [6.45, 7) is 4.09. The normalized spacial score (nSPS) is 11.9. The van der Waals surface area contributed by atoms with Gasteiger partial charge < -0.3 is 15.4 Å². The molecule has 0 aliphatic heterocycles. The summed E-state index contributed by atoms with van der Waals surface area (Å²) >= 11 is 2.71. The summed E-state index contributed by atoms with van der Waals surface area (Å²) in [5.74, 6) is 0.491. The zero-order chi connectivity index (χ0) is 21.1. The molecule has 2 heterocycles. The van der Waals surface area contributed by atoms with Gasteiger partial charge in [-0.2, -0.15) is 5.26 Å². The summed E-state index contributed by atoms with van der Waals surface area (Å²) in [5.41, 5.74) is 4.99. The molecule has 30 heavy (non-hydrogen) atoms. The molecule has 7 nitrogen and oxygen atoms in total. The number of aliphatic hydroxyl groups excluding tert-OH is 1. The lowest BCUT2D eigenvalue weighted by molar-refractivity contribution is 0.420. The minimum absolute atomic E-state index is 0.0550. The number of anilines is 2. The van der Waals surface area contributed by atoms with E-state index in [0.29, 0.717) is 15.3 Å². The number of aromatic amines is 1. The molecule has 2 aromatic heterocycles. The molecule has 4 rings (SSSR count). The lowest BCUT2D eigenvalue weighted by Crippen LogP contribution is -1.95. The number of fused-ring (bicyclic) bond motifs is 1. The number of imidazole rings is 1. The van der Waals surface area contributed by atoms with E-state index in [1.54, 1.807) is 0 Å². The molecule has 0 aliphatic rings. The molecule has 4 aromatic rings. The third-order valence-corrected chi connectivity index (χ3v) is 6.37. The summed E-state index contributed by atoms with van der Waals surface area (Å²) in [6, 6.07) is 15.7. The zero-order valence-corrected chi connectivity index (χ0v) is 17.9. The van der Waals surface area contributed by atoms with Crippen molar-refractivity contribution in [2.75, 3.05) is 11.1 Å². The largest absolute Gasteiger partial charge is 0.510 e. The molecule has 0 fully saturated rings. The Morgan fingerprint density at radius 3 is 2.83 bits per heavy atom. The quantitative estimate of drug-likeness (QED) is 0.213. The van der Waals surface area contributed by atoms with Gasteiger partial charge in [0.25, 0.3) is 0 Å². The second-order valence-electron chi connectivity index (χ2n) is 6.64. The van der Waals surface area contributed by atoms with E-state index in [2.05, 4.69) is 38.5 Å². The Hall–Kier alpha value is -3.35. The Balaban J connectivity index is 1.46. The molecule has 0 bridgehead atoms. The van der Waals surface area contributed by atoms with Crippen molar-refractivity contribution in [1.29, 1.82) is 5.26 Å². The molecule has 0 aliphatic carbocycles. The summed E-state index contributed by atoms with van der Waals surface area (Å²) in [5, 5.41) is 32.2. The van der Waals surface area contributed by atoms with Crippen molar-refractivity contribution >= 4 is 50.5 Å². The van der Waals surface area contributed by atoms with Crippen LogP contribution in [-0.4, -0.2) is 31.0 Å². The number of aryl methyl sites for hydroxylation is 2. The van der Waals surface area contributed by atoms with Gasteiger partial charge in [-0.05, 0) is 37.6 Å². The second kappa shape index (κ2) is 8.57. The monoisotopic (exact) mass is 434 g/mol. The van der Waals surface area contributed by atoms with Crippen LogP contribution in [0.25, 0.3) is 16.6 Å². The first-order valence-corrected chi connectivity index (χ1v) is 10.9. The van der Waals surface area contributed by atoms with Gasteiger partial charge in [0.2, 0.25) is 5.13 Å². The molecule has 0 atom stereocenters. The third kappa shape index (κ3) is 4.30. The van der Waals surface area contributed by atoms with Crippen LogP contribution in [0.5, 0.6) is 0 Å². The highest BCUT2D eigenvalue weighted by Gasteiger charge is 2.15. The molecular formula is C21H18N6OS2. The van der Waals surface area contributed by atoms with E-state index in [1.807, 2.05) is 49.4 Å². The highest BCUT2D eigenvalue weighted by Crippen LogP contribution is 2.31. The fourth-order valence-corrected chi connectivity index (χ4v) is 4.56. The van der Waals surface area contributed by atoms with Crippen LogP contribution in [0.15, 0.2) is 52.6 Å². The summed E-state index contributed by atoms with van der Waals surface area (Å²) in [7, 11) is 0. The van der Waals surface area contributed by atoms with Crippen LogP contribution >= 0.6 is 23.1 Å². The number of para-hydroxylation sites is 2. The van der Waals surface area contributed by atoms with Crippen LogP contribution < -0.4 is 5.32 Å². The van der Waals surface area contributed by atoms with Crippen molar-refractivity contribution in [2.45, 2.75) is 18.2 Å². The van der Waals surface area contributed by atoms with Crippen LogP contribution in [0, 0.1) is 25.2 Å². The molecule has 0 saturated carbocycles. The number of nitrogens with zero attached hydrogens (tertiary/aromatic N) is 4. The number of hydrogen-bond donors (Lipinski definition) is 3. The van der Waals surface area contributed by atoms with Crippen molar-refractivity contribution in [3.63, 3.8) is 0 Å². The van der Waals surface area contributed by atoms with Crippen LogP contribution in [-0.2, 0) is 0 Å². The van der Waals surface area contributed by atoms with E-state index >= 15 is 0 Å². The van der Waals surface area contributed by atoms with Crippen LogP contribution in [0.2, 0.25) is 0 Å². The van der Waals surface area contributed by atoms with Gasteiger partial charge in [0.05, 0.1) is 16.8 Å². The number of aromatic nitrogens is 4. The molecule has 0 radical (unpaired) electrons. The number of thioether (sulfide) groups is 1. The number of benzene rings is 2. The van der Waals surface area contributed by atoms with E-state index < -0.39 is 0 Å². The van der Waals surface area contributed by atoms with Crippen molar-refractivity contribution in [1.82, 2.24) is 20.2 Å². The number of hydrogen-bond acceptors (Lipinski definition) is 8. The van der Waals surface area contributed by atoms with Crippen LogP contribution in [0.3, 0.4) is 0 Å². The fraction of sp³-hybridized carbons (Fsp3) is 0.143. The maximum Gasteiger partial charge on any atom is 0.210 e. The predicted octanol–water partition coefficient (Wildman–Crippen LogP) is 5.36. The van der Waals surface area contributed by atoms with E-state index in [9.17, 15) is 10.4 Å². The van der Waals surface area contributed by atoms with Crippen LogP contribution in [0.1, 0.15) is 17.0 Å². The Morgan fingerprint density at radius 1 is 1.23 bits per heavy atom. The summed E-state index contributed by atoms with van der Waals surface area (Å²) in [4.78, 5) is 7.45. The first-order valence-electron chi connectivity index (χ1n) is 9.11. The first-order chi connectivity index (χ1) is 14.5. The lowest BCUT2D eigenvalue weighted by Gasteiger charge is -2.06. The number of H-pyrrole nitrogens is 1. The highest BCUT2D eigenvalue weighted by molar-refractivity contribution is 8.01. The number of aliphatic hydroxyl groups is 1. The van der Waals surface area contributed by atoms with E-state index in [1.165, 1.54) is 28.7 Å². The maximum absolute atomic E-state index is 10.5. The highest BCUT2D eigenvalue weighted by atomic mass is 32.2. The number of allylic oxidation sites excluding steroid dienone is 1. The van der Waals surface area contributed by atoms with Gasteiger partial charge in [-0.3, -0.25) is 0 Å². The van der Waals surface area contributed by atoms with Crippen LogP contribution in [0.4, 0.5) is 10.8 Å². The standard InChI is InChI=1S/C21H18N6OS2/c1-12-7-8-15(13(2)9-12)25-20-26-27-21(30-20)29-11-18(28)14(10-22)19-23-16-5-3-4-6-17(16)24-19/h3-9,28H,11H2,1-2H3,(H,23,24)(H,25,26). The Labute approximate surface area is 181 Å². The molecule has 0 saturated heterocycles. The molecule has 150 valence electrons. The molecular weight excluding hydrogens is 416 g/mol. The minimum Gasteiger partial charge on any atom is -0.510 e. The molecule has 2 aromatic carbocycles. The lowest BCUT2D eigenvalue weighted by atomic mass is 10.1. The summed E-state index contributed by atoms with van der Waals surface area (Å²) in [6.07, 6.45) is 0. The maximum atomic E-state index is 10.5. The van der Waals surface area contributed by atoms with Crippen molar-refractivity contribution in [3.05, 3.63) is 65.2 Å². The van der Waals surface area contributed by atoms with Crippen molar-refractivity contribution in [3.8, 4) is 6.07 Å². The smallest absolute Gasteiger partial charge is 0.210 e. The van der Waals surface area contributed by atoms with Gasteiger partial charge in [-0.15, -0.1) is 10.2 Å². The minimum atomic E-state index is -0.0550. The average molecular weight is 435 g/mol. The fourth-order valence-electron chi connectivity index (χ4n) is 2.92. The van der Waals surface area contributed by atoms with Gasteiger partial charge in [0, 0.05) is 5.69 Å². The van der Waals surface area contributed by atoms with E-state index in [4.69, 9.17) is 0 Å². The van der Waals surface area contributed by atoms with Gasteiger partial charge >= 0.3 is 0 Å². The molecule has 0 spiro atoms. The third-order valence-electron chi connectivity index (χ3n) is 4.39. The Bertz CT molecular complexity index is 1250. The van der Waals surface area contributed by atoms with Gasteiger partial charge in [0.1, 0.15) is 17.4 Å². The Kier molecular flexibility index (Phi) is 5.70. The van der Waals surface area contributed by atoms with Crippen molar-refractivity contribution < 1.29 is 5.11 Å².